The van der Waals surface area contributed by atoms with E-state index < -0.39 is 0 Å². The van der Waals surface area contributed by atoms with Crippen LogP contribution in [0.5, 0.6) is 0 Å². The number of nitrogens with zero attached hydrogens (tertiary/aromatic N) is 1. The monoisotopic (exact) mass is 354 g/mol. The predicted octanol–water partition coefficient (Wildman–Crippen LogP) is 4.66. The highest BCUT2D eigenvalue weighted by atomic mass is 79.9. The third kappa shape index (κ3) is 3.65. The smallest absolute Gasteiger partial charge is 0.273 e. The van der Waals surface area contributed by atoms with Crippen LogP contribution in [0, 0.1) is 10.1 Å². The number of thiophene rings is 1. The Morgan fingerprint density at radius 1 is 1.45 bits per heavy atom. The number of halogens is 1. The molecule has 0 amide bonds. The minimum atomic E-state index is -0.338. The molecule has 1 aromatic carbocycles. The van der Waals surface area contributed by atoms with Gasteiger partial charge >= 0.3 is 0 Å². The molecule has 0 aliphatic rings. The molecule has 1 aromatic heterocycles. The molecular weight excluding hydrogens is 340 g/mol. The van der Waals surface area contributed by atoms with E-state index in [1.165, 1.54) is 10.9 Å². The van der Waals surface area contributed by atoms with Gasteiger partial charge in [0.15, 0.2) is 0 Å². The summed E-state index contributed by atoms with van der Waals surface area (Å²) in [4.78, 5) is 12.0. The normalized spacial score (nSPS) is 12.3. The van der Waals surface area contributed by atoms with Gasteiger partial charge in [0, 0.05) is 33.6 Å². The first kappa shape index (κ1) is 15.2. The van der Waals surface area contributed by atoms with E-state index in [-0.39, 0.29) is 16.7 Å². The molecule has 20 heavy (non-hydrogen) atoms. The van der Waals surface area contributed by atoms with E-state index in [4.69, 9.17) is 0 Å². The Labute approximate surface area is 130 Å². The minimum absolute atomic E-state index is 0.154. The number of nitro groups is 1. The Bertz CT molecular complexity index is 587. The Kier molecular flexibility index (Phi) is 5.28. The van der Waals surface area contributed by atoms with Gasteiger partial charge in [0.05, 0.1) is 4.92 Å². The van der Waals surface area contributed by atoms with Crippen LogP contribution >= 0.6 is 27.3 Å². The zero-order chi connectivity index (χ0) is 14.5. The first-order valence-electron chi connectivity index (χ1n) is 6.31. The van der Waals surface area contributed by atoms with E-state index >= 15 is 0 Å². The predicted molar refractivity (Wildman–Crippen MR) is 85.0 cm³/mol. The van der Waals surface area contributed by atoms with E-state index in [2.05, 4.69) is 34.2 Å². The summed E-state index contributed by atoms with van der Waals surface area (Å²) in [6, 6.07) is 9.36. The fourth-order valence-electron chi connectivity index (χ4n) is 2.04. The third-order valence-electron chi connectivity index (χ3n) is 3.07. The average Bonchev–Trinajstić information content (AvgIpc) is 2.93. The molecule has 0 aliphatic heterocycles. The van der Waals surface area contributed by atoms with Gasteiger partial charge in [0.1, 0.15) is 0 Å². The number of hydrogen-bond acceptors (Lipinski definition) is 4. The van der Waals surface area contributed by atoms with Gasteiger partial charge in [-0.2, -0.15) is 0 Å². The first-order valence-corrected chi connectivity index (χ1v) is 7.98. The second kappa shape index (κ2) is 6.97. The van der Waals surface area contributed by atoms with Crippen molar-refractivity contribution in [2.45, 2.75) is 25.9 Å². The fourth-order valence-corrected chi connectivity index (χ4v) is 3.34. The van der Waals surface area contributed by atoms with Crippen molar-refractivity contribution in [2.75, 3.05) is 0 Å². The number of nitrogens with one attached hydrogen (secondary N) is 1. The highest BCUT2D eigenvalue weighted by Crippen LogP contribution is 2.26. The molecule has 1 unspecified atom stereocenters. The summed E-state index contributed by atoms with van der Waals surface area (Å²) >= 11 is 5.06. The van der Waals surface area contributed by atoms with E-state index in [1.807, 2.05) is 11.4 Å². The summed E-state index contributed by atoms with van der Waals surface area (Å²) in [5, 5.41) is 16.5. The molecule has 1 heterocycles. The van der Waals surface area contributed by atoms with Gasteiger partial charge in [0.25, 0.3) is 5.69 Å². The van der Waals surface area contributed by atoms with Crippen LogP contribution in [0.3, 0.4) is 0 Å². The molecule has 1 atom stereocenters. The second-order valence-electron chi connectivity index (χ2n) is 4.39. The SMILES string of the molecule is CCC(NCc1cc(Br)ccc1[N+](=O)[O-])c1cccs1. The van der Waals surface area contributed by atoms with Gasteiger partial charge < -0.3 is 5.32 Å². The van der Waals surface area contributed by atoms with Crippen molar-refractivity contribution in [1.29, 1.82) is 0 Å². The minimum Gasteiger partial charge on any atom is -0.305 e. The average molecular weight is 355 g/mol. The molecule has 0 radical (unpaired) electrons. The van der Waals surface area contributed by atoms with Crippen molar-refractivity contribution in [2.24, 2.45) is 0 Å². The highest BCUT2D eigenvalue weighted by Gasteiger charge is 2.16. The van der Waals surface area contributed by atoms with Crippen LogP contribution in [-0.4, -0.2) is 4.92 Å². The molecule has 0 fully saturated rings. The Morgan fingerprint density at radius 2 is 2.25 bits per heavy atom. The van der Waals surface area contributed by atoms with Crippen molar-refractivity contribution < 1.29 is 4.92 Å². The maximum absolute atomic E-state index is 11.0. The zero-order valence-corrected chi connectivity index (χ0v) is 13.4. The molecular formula is C14H15BrN2O2S. The van der Waals surface area contributed by atoms with Crippen molar-refractivity contribution in [1.82, 2.24) is 5.32 Å². The second-order valence-corrected chi connectivity index (χ2v) is 6.28. The summed E-state index contributed by atoms with van der Waals surface area (Å²) in [7, 11) is 0. The maximum Gasteiger partial charge on any atom is 0.273 e. The Morgan fingerprint density at radius 3 is 2.85 bits per heavy atom. The molecule has 0 spiro atoms. The summed E-state index contributed by atoms with van der Waals surface area (Å²) in [5.41, 5.74) is 0.848. The van der Waals surface area contributed by atoms with Crippen LogP contribution < -0.4 is 5.32 Å². The lowest BCUT2D eigenvalue weighted by Crippen LogP contribution is -2.20. The molecule has 0 bridgehead atoms. The van der Waals surface area contributed by atoms with Gasteiger partial charge in [-0.05, 0) is 30.0 Å². The van der Waals surface area contributed by atoms with Gasteiger partial charge in [-0.25, -0.2) is 0 Å². The van der Waals surface area contributed by atoms with Gasteiger partial charge in [-0.1, -0.05) is 28.9 Å². The van der Waals surface area contributed by atoms with E-state index in [0.717, 1.165) is 10.9 Å². The summed E-state index contributed by atoms with van der Waals surface area (Å²) < 4.78 is 0.851. The summed E-state index contributed by atoms with van der Waals surface area (Å²) in [5.74, 6) is 0. The molecule has 106 valence electrons. The Hall–Kier alpha value is -1.24. The molecule has 0 saturated carbocycles. The van der Waals surface area contributed by atoms with E-state index in [1.54, 1.807) is 23.5 Å². The standard InChI is InChI=1S/C14H15BrN2O2S/c1-2-12(14-4-3-7-20-14)16-9-10-8-11(15)5-6-13(10)17(18)19/h3-8,12,16H,2,9H2,1H3. The molecule has 0 saturated heterocycles. The zero-order valence-electron chi connectivity index (χ0n) is 11.0. The summed E-state index contributed by atoms with van der Waals surface area (Å²) in [6.07, 6.45) is 0.947. The summed E-state index contributed by atoms with van der Waals surface area (Å²) in [6.45, 7) is 2.58. The highest BCUT2D eigenvalue weighted by molar-refractivity contribution is 9.10. The lowest BCUT2D eigenvalue weighted by Gasteiger charge is -2.15. The third-order valence-corrected chi connectivity index (χ3v) is 4.55. The number of rotatable bonds is 6. The molecule has 2 rings (SSSR count). The van der Waals surface area contributed by atoms with Gasteiger partial charge in [0.2, 0.25) is 0 Å². The number of nitro benzene ring substituents is 1. The molecule has 4 nitrogen and oxygen atoms in total. The largest absolute Gasteiger partial charge is 0.305 e. The maximum atomic E-state index is 11.0. The quantitative estimate of drug-likeness (QED) is 0.606. The van der Waals surface area contributed by atoms with Crippen molar-refractivity contribution in [3.63, 3.8) is 0 Å². The van der Waals surface area contributed by atoms with Crippen LogP contribution in [-0.2, 0) is 6.54 Å². The lowest BCUT2D eigenvalue weighted by molar-refractivity contribution is -0.385. The van der Waals surface area contributed by atoms with Crippen molar-refractivity contribution >= 4 is 33.0 Å². The molecule has 1 N–H and O–H groups in total. The first-order chi connectivity index (χ1) is 9.61. The number of hydrogen-bond donors (Lipinski definition) is 1. The van der Waals surface area contributed by atoms with Gasteiger partial charge in [-0.15, -0.1) is 11.3 Å². The fraction of sp³-hybridized carbons (Fsp3) is 0.286. The molecule has 6 heteroatoms. The van der Waals surface area contributed by atoms with Crippen molar-refractivity contribution in [3.8, 4) is 0 Å². The van der Waals surface area contributed by atoms with Crippen LogP contribution in [0.15, 0.2) is 40.2 Å². The number of benzene rings is 1. The molecule has 2 aromatic rings. The Balaban J connectivity index is 2.13. The molecule has 0 aliphatic carbocycles. The van der Waals surface area contributed by atoms with Gasteiger partial charge in [-0.3, -0.25) is 10.1 Å². The van der Waals surface area contributed by atoms with Crippen LogP contribution in [0.2, 0.25) is 0 Å². The van der Waals surface area contributed by atoms with Crippen LogP contribution in [0.4, 0.5) is 5.69 Å². The lowest BCUT2D eigenvalue weighted by atomic mass is 10.1. The van der Waals surface area contributed by atoms with Crippen molar-refractivity contribution in [3.05, 3.63) is 60.7 Å². The van der Waals surface area contributed by atoms with E-state index in [0.29, 0.717) is 12.1 Å². The van der Waals surface area contributed by atoms with E-state index in [9.17, 15) is 10.1 Å². The van der Waals surface area contributed by atoms with Crippen LogP contribution in [0.25, 0.3) is 0 Å². The topological polar surface area (TPSA) is 55.2 Å². The van der Waals surface area contributed by atoms with Crippen LogP contribution in [0.1, 0.15) is 29.8 Å².